The van der Waals surface area contributed by atoms with E-state index in [1.807, 2.05) is 22.6 Å². The van der Waals surface area contributed by atoms with Crippen LogP contribution in [0.15, 0.2) is 28.4 Å². The number of rotatable bonds is 1. The predicted molar refractivity (Wildman–Crippen MR) is 75.6 cm³/mol. The number of anilines is 1. The van der Waals surface area contributed by atoms with E-state index in [4.69, 9.17) is 11.6 Å². The summed E-state index contributed by atoms with van der Waals surface area (Å²) < 4.78 is 0.596. The summed E-state index contributed by atoms with van der Waals surface area (Å²) in [6, 6.07) is 5.06. The molecule has 1 amide bonds. The smallest absolute Gasteiger partial charge is 0.293 e. The Morgan fingerprint density at radius 3 is 2.71 bits per heavy atom. The van der Waals surface area contributed by atoms with Gasteiger partial charge >= 0.3 is 0 Å². The van der Waals surface area contributed by atoms with Crippen molar-refractivity contribution in [1.82, 2.24) is 0 Å². The molecule has 0 spiro atoms. The molecule has 17 heavy (non-hydrogen) atoms. The number of hydrogen-bond donors (Lipinski definition) is 1. The molecule has 0 bridgehead atoms. The summed E-state index contributed by atoms with van der Waals surface area (Å²) in [7, 11) is 0. The summed E-state index contributed by atoms with van der Waals surface area (Å²) in [6.07, 6.45) is 0. The fourth-order valence-corrected chi connectivity index (χ4v) is 2.54. The number of nitrogens with one attached hydrogen (secondary N) is 1. The standard InChI is InChI=1S/C12H9ClINO2/c1-6(14)12(2)8-5-7(13)3-4-9(8)15-11(17)10(12)16/h3-5H,1H2,2H3,(H,15,17). The fourth-order valence-electron chi connectivity index (χ4n) is 1.84. The Balaban J connectivity index is 2.76. The Bertz CT molecular complexity index is 555. The molecule has 1 aromatic carbocycles. The van der Waals surface area contributed by atoms with E-state index in [0.29, 0.717) is 19.9 Å². The number of carbonyl (C=O) groups excluding carboxylic acids is 2. The maximum Gasteiger partial charge on any atom is 0.293 e. The van der Waals surface area contributed by atoms with Crippen molar-refractivity contribution in [2.75, 3.05) is 5.32 Å². The van der Waals surface area contributed by atoms with E-state index in [1.165, 1.54) is 0 Å². The molecule has 0 fully saturated rings. The van der Waals surface area contributed by atoms with Gasteiger partial charge in [0.1, 0.15) is 0 Å². The first-order chi connectivity index (χ1) is 7.87. The molecule has 0 radical (unpaired) electrons. The molecule has 1 aliphatic rings. The second-order valence-corrected chi connectivity index (χ2v) is 5.74. The number of hydrogen-bond acceptors (Lipinski definition) is 2. The van der Waals surface area contributed by atoms with E-state index < -0.39 is 17.1 Å². The van der Waals surface area contributed by atoms with Crippen LogP contribution < -0.4 is 5.32 Å². The van der Waals surface area contributed by atoms with Crippen LogP contribution in [0.1, 0.15) is 12.5 Å². The number of benzene rings is 1. The molecule has 1 heterocycles. The molecule has 2 rings (SSSR count). The monoisotopic (exact) mass is 361 g/mol. The zero-order valence-electron chi connectivity index (χ0n) is 9.01. The lowest BCUT2D eigenvalue weighted by atomic mass is 9.75. The van der Waals surface area contributed by atoms with Gasteiger partial charge in [0.25, 0.3) is 5.91 Å². The number of halogens is 2. The predicted octanol–water partition coefficient (Wildman–Crippen LogP) is 3.07. The normalized spacial score (nSPS) is 23.0. The third-order valence-electron chi connectivity index (χ3n) is 2.97. The van der Waals surface area contributed by atoms with Crippen molar-refractivity contribution in [3.63, 3.8) is 0 Å². The average Bonchev–Trinajstić information content (AvgIpc) is 2.27. The third kappa shape index (κ3) is 1.79. The second kappa shape index (κ2) is 4.10. The molecular weight excluding hydrogens is 352 g/mol. The zero-order valence-corrected chi connectivity index (χ0v) is 11.9. The number of amides is 1. The molecule has 0 aliphatic carbocycles. The zero-order chi connectivity index (χ0) is 12.8. The molecule has 0 saturated heterocycles. The second-order valence-electron chi connectivity index (χ2n) is 4.00. The topological polar surface area (TPSA) is 46.2 Å². The fraction of sp³-hybridized carbons (Fsp3) is 0.167. The lowest BCUT2D eigenvalue weighted by Gasteiger charge is -2.33. The highest BCUT2D eigenvalue weighted by Gasteiger charge is 2.46. The van der Waals surface area contributed by atoms with Crippen LogP contribution >= 0.6 is 34.2 Å². The van der Waals surface area contributed by atoms with Gasteiger partial charge in [-0.1, -0.05) is 18.2 Å². The Hall–Kier alpha value is -0.880. The van der Waals surface area contributed by atoms with Crippen LogP contribution in [0.4, 0.5) is 5.69 Å². The molecule has 1 atom stereocenters. The first-order valence-corrected chi connectivity index (χ1v) is 6.33. The van der Waals surface area contributed by atoms with Crippen molar-refractivity contribution >= 4 is 51.6 Å². The van der Waals surface area contributed by atoms with Crippen LogP contribution in [-0.4, -0.2) is 11.7 Å². The van der Waals surface area contributed by atoms with Gasteiger partial charge in [0, 0.05) is 14.3 Å². The molecule has 0 saturated carbocycles. The molecule has 3 nitrogen and oxygen atoms in total. The van der Waals surface area contributed by atoms with E-state index in [9.17, 15) is 9.59 Å². The Labute approximate surface area is 117 Å². The average molecular weight is 362 g/mol. The van der Waals surface area contributed by atoms with Crippen molar-refractivity contribution in [2.45, 2.75) is 12.3 Å². The number of fused-ring (bicyclic) bond motifs is 1. The van der Waals surface area contributed by atoms with Crippen LogP contribution in [-0.2, 0) is 15.0 Å². The highest BCUT2D eigenvalue weighted by Crippen LogP contribution is 2.43. The van der Waals surface area contributed by atoms with E-state index in [2.05, 4.69) is 11.9 Å². The molecule has 1 aromatic rings. The Kier molecular flexibility index (Phi) is 3.03. The number of allylic oxidation sites excluding steroid dienone is 1. The molecule has 1 aliphatic heterocycles. The first-order valence-electron chi connectivity index (χ1n) is 4.88. The first kappa shape index (κ1) is 12.6. The largest absolute Gasteiger partial charge is 0.319 e. The van der Waals surface area contributed by atoms with Gasteiger partial charge < -0.3 is 5.32 Å². The maximum atomic E-state index is 12.0. The van der Waals surface area contributed by atoms with Crippen LogP contribution in [0.2, 0.25) is 5.02 Å². The molecule has 0 aromatic heterocycles. The maximum absolute atomic E-state index is 12.0. The number of carbonyl (C=O) groups is 2. The van der Waals surface area contributed by atoms with Crippen LogP contribution in [0.5, 0.6) is 0 Å². The molecule has 1 N–H and O–H groups in total. The van der Waals surface area contributed by atoms with Gasteiger partial charge in [0.05, 0.1) is 5.41 Å². The molecule has 5 heteroatoms. The summed E-state index contributed by atoms with van der Waals surface area (Å²) in [5.41, 5.74) is 0.289. The minimum Gasteiger partial charge on any atom is -0.319 e. The van der Waals surface area contributed by atoms with Gasteiger partial charge in [-0.3, -0.25) is 9.59 Å². The van der Waals surface area contributed by atoms with Crippen LogP contribution in [0.25, 0.3) is 0 Å². The van der Waals surface area contributed by atoms with Crippen molar-refractivity contribution < 1.29 is 9.59 Å². The van der Waals surface area contributed by atoms with Gasteiger partial charge in [0.2, 0.25) is 5.78 Å². The molecule has 1 unspecified atom stereocenters. The highest BCUT2D eigenvalue weighted by molar-refractivity contribution is 14.1. The quantitative estimate of drug-likeness (QED) is 0.617. The van der Waals surface area contributed by atoms with Gasteiger partial charge in [-0.15, -0.1) is 0 Å². The Morgan fingerprint density at radius 1 is 1.47 bits per heavy atom. The molecular formula is C12H9ClINO2. The third-order valence-corrected chi connectivity index (χ3v) is 4.29. The van der Waals surface area contributed by atoms with Gasteiger partial charge in [-0.05, 0) is 53.3 Å². The van der Waals surface area contributed by atoms with E-state index in [1.54, 1.807) is 25.1 Å². The SMILES string of the molecule is C=C(I)C1(C)C(=O)C(=O)Nc2ccc(Cl)cc21. The van der Waals surface area contributed by atoms with E-state index >= 15 is 0 Å². The minimum absolute atomic E-state index is 0.508. The summed E-state index contributed by atoms with van der Waals surface area (Å²) in [5.74, 6) is -1.12. The number of Topliss-reactive ketones (excluding diaryl/α,β-unsaturated/α-hetero) is 1. The molecule has 88 valence electrons. The minimum atomic E-state index is -1.01. The highest BCUT2D eigenvalue weighted by atomic mass is 127. The summed E-state index contributed by atoms with van der Waals surface area (Å²) in [5, 5.41) is 3.08. The van der Waals surface area contributed by atoms with Gasteiger partial charge in [0.15, 0.2) is 0 Å². The number of ketones is 1. The van der Waals surface area contributed by atoms with Crippen LogP contribution in [0.3, 0.4) is 0 Å². The van der Waals surface area contributed by atoms with Gasteiger partial charge in [-0.2, -0.15) is 0 Å². The van der Waals surface area contributed by atoms with E-state index in [0.717, 1.165) is 0 Å². The van der Waals surface area contributed by atoms with E-state index in [-0.39, 0.29) is 0 Å². The van der Waals surface area contributed by atoms with Crippen molar-refractivity contribution in [3.05, 3.63) is 38.9 Å². The van der Waals surface area contributed by atoms with Crippen molar-refractivity contribution in [2.24, 2.45) is 0 Å². The summed E-state index contributed by atoms with van der Waals surface area (Å²) in [4.78, 5) is 23.7. The van der Waals surface area contributed by atoms with Crippen molar-refractivity contribution in [1.29, 1.82) is 0 Å². The Morgan fingerprint density at radius 2 is 2.12 bits per heavy atom. The lowest BCUT2D eigenvalue weighted by Crippen LogP contribution is -2.45. The summed E-state index contributed by atoms with van der Waals surface area (Å²) >= 11 is 7.91. The van der Waals surface area contributed by atoms with Gasteiger partial charge in [-0.25, -0.2) is 0 Å². The van der Waals surface area contributed by atoms with Crippen LogP contribution in [0, 0.1) is 0 Å². The van der Waals surface area contributed by atoms with Crippen molar-refractivity contribution in [3.8, 4) is 0 Å². The lowest BCUT2D eigenvalue weighted by molar-refractivity contribution is -0.137. The summed E-state index contributed by atoms with van der Waals surface area (Å²) in [6.45, 7) is 5.50.